The number of hydrogen-bond acceptors (Lipinski definition) is 1. The number of amides is 1. The zero-order valence-corrected chi connectivity index (χ0v) is 10.5. The molecule has 0 aliphatic rings. The summed E-state index contributed by atoms with van der Waals surface area (Å²) in [5.41, 5.74) is -9.54. The van der Waals surface area contributed by atoms with Gasteiger partial charge in [0.25, 0.3) is 5.91 Å². The van der Waals surface area contributed by atoms with Gasteiger partial charge in [0.05, 0.1) is 11.3 Å². The van der Waals surface area contributed by atoms with E-state index < -0.39 is 41.4 Å². The minimum atomic E-state index is -6.72. The number of halogens is 10. The first-order valence-electron chi connectivity index (χ1n) is 5.42. The van der Waals surface area contributed by atoms with E-state index in [1.807, 2.05) is 0 Å². The third-order valence-electron chi connectivity index (χ3n) is 2.57. The summed E-state index contributed by atoms with van der Waals surface area (Å²) in [6, 6.07) is 2.24. The molecule has 0 fully saturated rings. The number of alkyl halides is 10. The molecule has 23 heavy (non-hydrogen) atoms. The molecule has 1 aromatic rings. The van der Waals surface area contributed by atoms with E-state index in [4.69, 9.17) is 0 Å². The molecule has 0 radical (unpaired) electrons. The van der Waals surface area contributed by atoms with Crippen molar-refractivity contribution in [2.45, 2.75) is 24.2 Å². The maximum atomic E-state index is 13.4. The molecule has 1 N–H and O–H groups in total. The number of carbonyl (C=O) groups is 1. The second-order valence-corrected chi connectivity index (χ2v) is 4.15. The van der Waals surface area contributed by atoms with Gasteiger partial charge in [0.1, 0.15) is 0 Å². The molecule has 130 valence electrons. The fourth-order valence-corrected chi connectivity index (χ4v) is 1.47. The monoisotopic (exact) mass is 357 g/mol. The van der Waals surface area contributed by atoms with Crippen molar-refractivity contribution in [3.05, 3.63) is 29.8 Å². The molecule has 12 heteroatoms. The Hall–Kier alpha value is -2.01. The van der Waals surface area contributed by atoms with E-state index in [0.717, 1.165) is 12.1 Å². The molecular formula is C11H5F10NO. The highest BCUT2D eigenvalue weighted by Gasteiger charge is 2.77. The number of hydrogen-bond donors (Lipinski definition) is 1. The molecule has 1 aromatic carbocycles. The first-order chi connectivity index (χ1) is 10.1. The summed E-state index contributed by atoms with van der Waals surface area (Å²) in [5, 5.41) is 0.697. The summed E-state index contributed by atoms with van der Waals surface area (Å²) in [5.74, 6) is -3.32. The van der Waals surface area contributed by atoms with E-state index >= 15 is 0 Å². The molecule has 0 atom stereocenters. The van der Waals surface area contributed by atoms with E-state index in [2.05, 4.69) is 0 Å². The standard InChI is InChI=1S/C11H5F10NO/c12-8(10(16,17)18,11(19,20)21)7(23)22-6-4-2-1-3-5(6)9(13,14)15/h1-4H,(H,22,23). The van der Waals surface area contributed by atoms with Crippen molar-refractivity contribution in [3.8, 4) is 0 Å². The number of para-hydroxylation sites is 1. The molecule has 0 heterocycles. The maximum Gasteiger partial charge on any atom is 0.441 e. The van der Waals surface area contributed by atoms with Crippen LogP contribution in [0.5, 0.6) is 0 Å². The Balaban J connectivity index is 3.32. The lowest BCUT2D eigenvalue weighted by atomic mass is 10.0. The Morgan fingerprint density at radius 3 is 1.61 bits per heavy atom. The van der Waals surface area contributed by atoms with Gasteiger partial charge in [0.15, 0.2) is 0 Å². The molecule has 0 aromatic heterocycles. The highest BCUT2D eigenvalue weighted by Crippen LogP contribution is 2.47. The van der Waals surface area contributed by atoms with Crippen LogP contribution in [-0.4, -0.2) is 23.9 Å². The Bertz CT molecular complexity index is 572. The van der Waals surface area contributed by atoms with Crippen LogP contribution in [0.25, 0.3) is 0 Å². The molecule has 0 aliphatic heterocycles. The first kappa shape index (κ1) is 19.0. The molecule has 0 saturated heterocycles. The average Bonchev–Trinajstić information content (AvgIpc) is 2.34. The van der Waals surface area contributed by atoms with Gasteiger partial charge in [-0.25, -0.2) is 4.39 Å². The Labute approximate surface area is 121 Å². The summed E-state index contributed by atoms with van der Waals surface area (Å²) in [6.07, 6.45) is -18.6. The summed E-state index contributed by atoms with van der Waals surface area (Å²) in [7, 11) is 0. The molecule has 0 aliphatic carbocycles. The number of carbonyl (C=O) groups excluding carboxylic acids is 1. The lowest BCUT2D eigenvalue weighted by molar-refractivity contribution is -0.324. The van der Waals surface area contributed by atoms with Gasteiger partial charge in [-0.2, -0.15) is 39.5 Å². The van der Waals surface area contributed by atoms with Crippen molar-refractivity contribution >= 4 is 11.6 Å². The van der Waals surface area contributed by atoms with E-state index in [9.17, 15) is 48.7 Å². The molecule has 0 saturated carbocycles. The first-order valence-corrected chi connectivity index (χ1v) is 5.42. The van der Waals surface area contributed by atoms with Gasteiger partial charge in [0.2, 0.25) is 0 Å². The Morgan fingerprint density at radius 2 is 1.22 bits per heavy atom. The number of benzene rings is 1. The second-order valence-electron chi connectivity index (χ2n) is 4.15. The lowest BCUT2D eigenvalue weighted by Gasteiger charge is -2.28. The highest BCUT2D eigenvalue weighted by atomic mass is 19.4. The molecular weight excluding hydrogens is 352 g/mol. The lowest BCUT2D eigenvalue weighted by Crippen LogP contribution is -2.61. The summed E-state index contributed by atoms with van der Waals surface area (Å²) in [6.45, 7) is 0. The van der Waals surface area contributed by atoms with Crippen LogP contribution in [0.15, 0.2) is 24.3 Å². The van der Waals surface area contributed by atoms with Gasteiger partial charge >= 0.3 is 24.2 Å². The van der Waals surface area contributed by atoms with Crippen LogP contribution in [0.1, 0.15) is 5.56 Å². The van der Waals surface area contributed by atoms with E-state index in [1.165, 1.54) is 0 Å². The molecule has 0 unspecified atom stereocenters. The SMILES string of the molecule is O=C(Nc1ccccc1C(F)(F)F)C(F)(C(F)(F)F)C(F)(F)F. The van der Waals surface area contributed by atoms with Crippen LogP contribution in [0.4, 0.5) is 49.6 Å². The minimum Gasteiger partial charge on any atom is -0.322 e. The van der Waals surface area contributed by atoms with Gasteiger partial charge < -0.3 is 5.32 Å². The van der Waals surface area contributed by atoms with Gasteiger partial charge in [-0.1, -0.05) is 12.1 Å². The van der Waals surface area contributed by atoms with E-state index in [0.29, 0.717) is 11.4 Å². The average molecular weight is 357 g/mol. The summed E-state index contributed by atoms with van der Waals surface area (Å²) >= 11 is 0. The van der Waals surface area contributed by atoms with Crippen molar-refractivity contribution in [1.82, 2.24) is 0 Å². The number of nitrogens with one attached hydrogen (secondary N) is 1. The van der Waals surface area contributed by atoms with Crippen LogP contribution in [0, 0.1) is 0 Å². The highest BCUT2D eigenvalue weighted by molar-refractivity contribution is 5.99. The van der Waals surface area contributed by atoms with Crippen molar-refractivity contribution in [2.75, 3.05) is 5.32 Å². The molecule has 1 rings (SSSR count). The van der Waals surface area contributed by atoms with Crippen LogP contribution in [-0.2, 0) is 11.0 Å². The van der Waals surface area contributed by atoms with Crippen LogP contribution in [0.3, 0.4) is 0 Å². The topological polar surface area (TPSA) is 29.1 Å². The predicted octanol–water partition coefficient (Wildman–Crippen LogP) is 4.48. The van der Waals surface area contributed by atoms with Crippen LogP contribution >= 0.6 is 0 Å². The van der Waals surface area contributed by atoms with Crippen molar-refractivity contribution in [3.63, 3.8) is 0 Å². The van der Waals surface area contributed by atoms with Gasteiger partial charge in [-0.05, 0) is 12.1 Å². The quantitative estimate of drug-likeness (QED) is 0.778. The van der Waals surface area contributed by atoms with Gasteiger partial charge in [-0.15, -0.1) is 0 Å². The van der Waals surface area contributed by atoms with Crippen molar-refractivity contribution in [2.24, 2.45) is 0 Å². The smallest absolute Gasteiger partial charge is 0.322 e. The van der Waals surface area contributed by atoms with Crippen molar-refractivity contribution < 1.29 is 48.7 Å². The zero-order valence-electron chi connectivity index (χ0n) is 10.5. The molecule has 1 amide bonds. The third-order valence-corrected chi connectivity index (χ3v) is 2.57. The predicted molar refractivity (Wildman–Crippen MR) is 56.0 cm³/mol. The van der Waals surface area contributed by atoms with E-state index in [-0.39, 0.29) is 6.07 Å². The largest absolute Gasteiger partial charge is 0.441 e. The normalized spacial score (nSPS) is 13.8. The van der Waals surface area contributed by atoms with Crippen molar-refractivity contribution in [1.29, 1.82) is 0 Å². The fourth-order valence-electron chi connectivity index (χ4n) is 1.47. The van der Waals surface area contributed by atoms with Crippen LogP contribution in [0.2, 0.25) is 0 Å². The minimum absolute atomic E-state index is 0.288. The number of anilines is 1. The second kappa shape index (κ2) is 5.57. The third kappa shape index (κ3) is 3.50. The summed E-state index contributed by atoms with van der Waals surface area (Å²) in [4.78, 5) is 11.1. The molecule has 0 bridgehead atoms. The Morgan fingerprint density at radius 1 is 0.783 bits per heavy atom. The van der Waals surface area contributed by atoms with E-state index in [1.54, 1.807) is 0 Å². The molecule has 2 nitrogen and oxygen atoms in total. The molecule has 0 spiro atoms. The van der Waals surface area contributed by atoms with Gasteiger partial charge in [0, 0.05) is 0 Å². The fraction of sp³-hybridized carbons (Fsp3) is 0.364. The van der Waals surface area contributed by atoms with Crippen LogP contribution < -0.4 is 5.32 Å². The number of rotatable bonds is 2. The van der Waals surface area contributed by atoms with Gasteiger partial charge in [-0.3, -0.25) is 4.79 Å². The maximum absolute atomic E-state index is 13.4. The Kier molecular flexibility index (Phi) is 4.61. The summed E-state index contributed by atoms with van der Waals surface area (Å²) < 4.78 is 125. The zero-order chi connectivity index (χ0) is 18.3.